The van der Waals surface area contributed by atoms with Gasteiger partial charge in [0.05, 0.1) is 24.5 Å². The number of ketones is 1. The van der Waals surface area contributed by atoms with E-state index in [1.54, 1.807) is 48.4 Å². The molecule has 0 bridgehead atoms. The average molecular weight is 474 g/mol. The molecule has 3 aromatic rings. The van der Waals surface area contributed by atoms with E-state index in [4.69, 9.17) is 16.3 Å². The second-order valence-electron chi connectivity index (χ2n) is 8.29. The molecule has 0 saturated carbocycles. The van der Waals surface area contributed by atoms with Crippen molar-refractivity contribution in [1.29, 1.82) is 0 Å². The number of allylic oxidation sites excluding steroid dienone is 1. The van der Waals surface area contributed by atoms with Crippen molar-refractivity contribution in [2.24, 2.45) is 0 Å². The number of urea groups is 1. The number of hydrogen-bond acceptors (Lipinski definition) is 4. The molecule has 0 spiro atoms. The number of ether oxygens (including phenoxy) is 1. The molecule has 1 aliphatic carbocycles. The van der Waals surface area contributed by atoms with Crippen LogP contribution in [0.25, 0.3) is 0 Å². The lowest BCUT2D eigenvalue weighted by Crippen LogP contribution is -2.40. The molecule has 172 valence electrons. The molecular formula is C27H24ClN3O3. The maximum Gasteiger partial charge on any atom is 0.327 e. The summed E-state index contributed by atoms with van der Waals surface area (Å²) >= 11 is 6.17. The zero-order valence-electron chi connectivity index (χ0n) is 18.7. The molecule has 1 aliphatic heterocycles. The fourth-order valence-corrected chi connectivity index (χ4v) is 4.70. The Morgan fingerprint density at radius 3 is 2.50 bits per heavy atom. The Bertz CT molecular complexity index is 1270. The Kier molecular flexibility index (Phi) is 5.99. The van der Waals surface area contributed by atoms with Crippen molar-refractivity contribution in [2.45, 2.75) is 25.3 Å². The minimum Gasteiger partial charge on any atom is -0.497 e. The van der Waals surface area contributed by atoms with Gasteiger partial charge in [-0.3, -0.25) is 9.69 Å². The third-order valence-corrected chi connectivity index (χ3v) is 6.43. The molecule has 6 nitrogen and oxygen atoms in total. The molecule has 34 heavy (non-hydrogen) atoms. The van der Waals surface area contributed by atoms with Crippen LogP contribution in [0.2, 0.25) is 5.02 Å². The molecule has 2 N–H and O–H groups in total. The topological polar surface area (TPSA) is 70.7 Å². The highest BCUT2D eigenvalue weighted by atomic mass is 35.5. The van der Waals surface area contributed by atoms with Gasteiger partial charge < -0.3 is 15.4 Å². The number of benzene rings is 3. The van der Waals surface area contributed by atoms with Crippen molar-refractivity contribution in [3.05, 3.63) is 94.7 Å². The molecule has 1 heterocycles. The number of hydrogen-bond donors (Lipinski definition) is 2. The van der Waals surface area contributed by atoms with Crippen molar-refractivity contribution in [1.82, 2.24) is 0 Å². The van der Waals surface area contributed by atoms with Gasteiger partial charge in [-0.05, 0) is 66.9 Å². The second-order valence-corrected chi connectivity index (χ2v) is 8.73. The summed E-state index contributed by atoms with van der Waals surface area (Å²) in [7, 11) is 1.60. The largest absolute Gasteiger partial charge is 0.497 e. The van der Waals surface area contributed by atoms with Crippen LogP contribution in [-0.2, 0) is 4.79 Å². The van der Waals surface area contributed by atoms with Gasteiger partial charge in [-0.1, -0.05) is 35.9 Å². The van der Waals surface area contributed by atoms with Crippen LogP contribution in [0.3, 0.4) is 0 Å². The lowest BCUT2D eigenvalue weighted by atomic mass is 9.86. The fraction of sp³-hybridized carbons (Fsp3) is 0.185. The second kappa shape index (κ2) is 9.23. The normalized spacial score (nSPS) is 17.3. The molecule has 0 radical (unpaired) electrons. The summed E-state index contributed by atoms with van der Waals surface area (Å²) in [6.45, 7) is 0. The van der Waals surface area contributed by atoms with E-state index in [1.807, 2.05) is 36.4 Å². The quantitative estimate of drug-likeness (QED) is 0.452. The van der Waals surface area contributed by atoms with Crippen LogP contribution >= 0.6 is 11.6 Å². The number of methoxy groups -OCH3 is 1. The van der Waals surface area contributed by atoms with Crippen LogP contribution < -0.4 is 20.3 Å². The number of para-hydroxylation sites is 2. The van der Waals surface area contributed by atoms with Gasteiger partial charge in [-0.2, -0.15) is 0 Å². The van der Waals surface area contributed by atoms with Gasteiger partial charge in [0.1, 0.15) is 5.75 Å². The maximum absolute atomic E-state index is 13.9. The third kappa shape index (κ3) is 4.13. The van der Waals surface area contributed by atoms with Gasteiger partial charge in [0.15, 0.2) is 5.78 Å². The molecule has 0 fully saturated rings. The highest BCUT2D eigenvalue weighted by Gasteiger charge is 2.39. The van der Waals surface area contributed by atoms with Crippen LogP contribution in [0.4, 0.5) is 21.9 Å². The number of Topliss-reactive ketones (excluding diaryl/α,β-unsaturated/α-hetero) is 1. The van der Waals surface area contributed by atoms with E-state index >= 15 is 0 Å². The van der Waals surface area contributed by atoms with Crippen molar-refractivity contribution in [2.75, 3.05) is 22.6 Å². The first kappa shape index (κ1) is 22.0. The Balaban J connectivity index is 1.66. The zero-order valence-corrected chi connectivity index (χ0v) is 19.4. The number of halogens is 1. The number of nitrogens with one attached hydrogen (secondary N) is 2. The summed E-state index contributed by atoms with van der Waals surface area (Å²) in [6, 6.07) is 21.1. The lowest BCUT2D eigenvalue weighted by Gasteiger charge is -2.34. The highest BCUT2D eigenvalue weighted by molar-refractivity contribution is 6.30. The first-order valence-electron chi connectivity index (χ1n) is 11.2. The molecule has 2 amide bonds. The molecular weight excluding hydrogens is 450 g/mol. The number of fused-ring (bicyclic) bond motifs is 1. The summed E-state index contributed by atoms with van der Waals surface area (Å²) in [4.78, 5) is 28.8. The average Bonchev–Trinajstić information content (AvgIpc) is 3.00. The molecule has 0 unspecified atom stereocenters. The summed E-state index contributed by atoms with van der Waals surface area (Å²) in [5, 5.41) is 7.05. The third-order valence-electron chi connectivity index (χ3n) is 6.18. The molecule has 3 aromatic carbocycles. The zero-order chi connectivity index (χ0) is 23.7. The van der Waals surface area contributed by atoms with Crippen LogP contribution in [0.5, 0.6) is 5.75 Å². The van der Waals surface area contributed by atoms with Crippen molar-refractivity contribution < 1.29 is 14.3 Å². The monoisotopic (exact) mass is 473 g/mol. The summed E-state index contributed by atoms with van der Waals surface area (Å²) < 4.78 is 5.22. The minimum absolute atomic E-state index is 0.0451. The van der Waals surface area contributed by atoms with E-state index in [2.05, 4.69) is 10.6 Å². The van der Waals surface area contributed by atoms with Crippen molar-refractivity contribution in [3.8, 4) is 5.75 Å². The smallest absolute Gasteiger partial charge is 0.327 e. The van der Waals surface area contributed by atoms with Gasteiger partial charge >= 0.3 is 6.03 Å². The van der Waals surface area contributed by atoms with Crippen LogP contribution in [0.15, 0.2) is 84.1 Å². The lowest BCUT2D eigenvalue weighted by molar-refractivity contribution is -0.116. The SMILES string of the molecule is COc1ccc(NC(=O)N2c3ccccc3NC3=C(C(=O)CCC3)[C@H]2c2ccc(Cl)cc2)cc1. The van der Waals surface area contributed by atoms with E-state index < -0.39 is 6.04 Å². The van der Waals surface area contributed by atoms with Gasteiger partial charge in [0, 0.05) is 28.4 Å². The van der Waals surface area contributed by atoms with Crippen molar-refractivity contribution >= 4 is 40.5 Å². The van der Waals surface area contributed by atoms with Gasteiger partial charge in [0.25, 0.3) is 0 Å². The van der Waals surface area contributed by atoms with Crippen LogP contribution in [-0.4, -0.2) is 18.9 Å². The standard InChI is InChI=1S/C27H24ClN3O3/c1-34-20-15-13-19(14-16-20)29-27(33)31-23-7-3-2-5-21(23)30-22-6-4-8-24(32)25(22)26(31)17-9-11-18(28)12-10-17/h2-3,5,7,9-16,26,30H,4,6,8H2,1H3,(H,29,33)/t26-/m1/s1. The number of rotatable bonds is 3. The number of carbonyl (C=O) groups excluding carboxylic acids is 2. The van der Waals surface area contributed by atoms with Gasteiger partial charge in [0.2, 0.25) is 0 Å². The van der Waals surface area contributed by atoms with Crippen LogP contribution in [0.1, 0.15) is 30.9 Å². The molecule has 0 saturated heterocycles. The van der Waals surface area contributed by atoms with E-state index in [0.29, 0.717) is 34.1 Å². The molecule has 7 heteroatoms. The van der Waals surface area contributed by atoms with E-state index in [0.717, 1.165) is 29.8 Å². The number of anilines is 3. The summed E-state index contributed by atoms with van der Waals surface area (Å²) in [5.74, 6) is 0.743. The van der Waals surface area contributed by atoms with E-state index in [9.17, 15) is 9.59 Å². The molecule has 5 rings (SSSR count). The summed E-state index contributed by atoms with van der Waals surface area (Å²) in [5.41, 5.74) is 4.40. The first-order chi connectivity index (χ1) is 16.5. The van der Waals surface area contributed by atoms with E-state index in [1.165, 1.54) is 0 Å². The molecule has 2 aliphatic rings. The molecule has 0 aromatic heterocycles. The number of carbonyl (C=O) groups is 2. The number of amides is 2. The van der Waals surface area contributed by atoms with Gasteiger partial charge in [-0.15, -0.1) is 0 Å². The Morgan fingerprint density at radius 2 is 1.76 bits per heavy atom. The number of nitrogens with zero attached hydrogens (tertiary/aromatic N) is 1. The van der Waals surface area contributed by atoms with Crippen molar-refractivity contribution in [3.63, 3.8) is 0 Å². The Labute approximate surface area is 203 Å². The predicted octanol–water partition coefficient (Wildman–Crippen LogP) is 6.56. The van der Waals surface area contributed by atoms with E-state index in [-0.39, 0.29) is 11.8 Å². The Hall–Kier alpha value is -3.77. The van der Waals surface area contributed by atoms with Crippen LogP contribution in [0, 0.1) is 0 Å². The maximum atomic E-state index is 13.9. The minimum atomic E-state index is -0.602. The Morgan fingerprint density at radius 1 is 1.03 bits per heavy atom. The fourth-order valence-electron chi connectivity index (χ4n) is 4.58. The highest BCUT2D eigenvalue weighted by Crippen LogP contribution is 2.45. The predicted molar refractivity (Wildman–Crippen MR) is 135 cm³/mol. The molecule has 1 atom stereocenters. The first-order valence-corrected chi connectivity index (χ1v) is 11.5. The summed E-state index contributed by atoms with van der Waals surface area (Å²) in [6.07, 6.45) is 1.97. The van der Waals surface area contributed by atoms with Gasteiger partial charge in [-0.25, -0.2) is 4.79 Å².